The molecule has 20 rings (SSSR count). The molecule has 600 valence electrons. The van der Waals surface area contributed by atoms with Crippen LogP contribution in [0.2, 0.25) is 0 Å². The van der Waals surface area contributed by atoms with Gasteiger partial charge in [-0.2, -0.15) is 0 Å². The molecule has 0 bridgehead atoms. The standard InChI is InChI=1S/3C26H33NO2.C24H31NO/c3*1-17(28)29-20-10-12-25(2)19(15-20)6-7-21-23-9-8-22(18-5-4-14-27-16-18)26(23,3)13-11-24(21)25;1-23-11-9-18(26)14-17(23)5-6-19-21-8-7-20(16-4-3-13-25-15-16)24(21,2)12-10-22(19)23/h3*4-6,8,14,16,20-21,23-24H,7,9-13,15H2,1-3H3;3-5,7,13,15,18-19,21-22,26H,6,8-12,14H2,1-2H3/t3*20-,21?,23?,24?,25-,26+;18-,19?,21?,22?,23-,24+/m0000/s1/i2*14D;4D;7D. The van der Waals surface area contributed by atoms with Crippen molar-refractivity contribution in [1.82, 2.24) is 19.9 Å². The first kappa shape index (κ1) is 73.5. The minimum absolute atomic E-state index is 0.0663. The lowest BCUT2D eigenvalue weighted by atomic mass is 9.47. The van der Waals surface area contributed by atoms with Gasteiger partial charge in [0.25, 0.3) is 0 Å². The number of aliphatic hydroxyl groups excluding tert-OH is 1. The number of esters is 3. The van der Waals surface area contributed by atoms with E-state index in [-0.39, 0.29) is 85.6 Å². The first-order valence-corrected chi connectivity index (χ1v) is 44.3. The summed E-state index contributed by atoms with van der Waals surface area (Å²) < 4.78 is 48.9. The molecule has 113 heavy (non-hydrogen) atoms. The molecule has 4 heterocycles. The number of aliphatic hydroxyl groups is 1. The highest BCUT2D eigenvalue weighted by Crippen LogP contribution is 2.72. The van der Waals surface area contributed by atoms with Gasteiger partial charge in [0.1, 0.15) is 18.3 Å². The number of hydrogen-bond donors (Lipinski definition) is 1. The normalized spacial score (nSPS) is 42.2. The summed E-state index contributed by atoms with van der Waals surface area (Å²) in [5.41, 5.74) is 18.2. The van der Waals surface area contributed by atoms with Gasteiger partial charge in [0.05, 0.1) is 11.6 Å². The molecule has 0 amide bonds. The third-order valence-electron chi connectivity index (χ3n) is 35.2. The minimum atomic E-state index is -0.151. The predicted octanol–water partition coefficient (Wildman–Crippen LogP) is 23.3. The molecule has 11 nitrogen and oxygen atoms in total. The van der Waals surface area contributed by atoms with Crippen molar-refractivity contribution < 1.29 is 39.2 Å². The Morgan fingerprint density at radius 3 is 1.03 bits per heavy atom. The molecule has 8 fully saturated rings. The Bertz CT molecular complexity index is 4620. The van der Waals surface area contributed by atoms with E-state index in [0.717, 1.165) is 175 Å². The lowest BCUT2D eigenvalue weighted by molar-refractivity contribution is -0.149. The summed E-state index contributed by atoms with van der Waals surface area (Å²) in [6.45, 7) is 24.3. The van der Waals surface area contributed by atoms with Crippen LogP contribution in [0.1, 0.15) is 284 Å². The monoisotopic (exact) mass is 1530 g/mol. The molecule has 4 aromatic heterocycles. The molecular weight excluding hydrogens is 1390 g/mol. The molecule has 16 aliphatic rings. The quantitative estimate of drug-likeness (QED) is 0.107. The third-order valence-corrected chi connectivity index (χ3v) is 35.2. The Labute approximate surface area is 681 Å². The number of ether oxygens (including phenoxy) is 3. The fourth-order valence-corrected chi connectivity index (χ4v) is 29.4. The van der Waals surface area contributed by atoms with E-state index in [0.29, 0.717) is 59.8 Å². The van der Waals surface area contributed by atoms with Crippen molar-refractivity contribution in [1.29, 1.82) is 0 Å². The average Bonchev–Trinajstić information content (AvgIpc) is 1.66. The van der Waals surface area contributed by atoms with Crippen LogP contribution in [-0.4, -0.2) is 67.4 Å². The molecule has 0 aromatic carbocycles. The number of nitrogens with zero attached hydrogens (tertiary/aromatic N) is 4. The van der Waals surface area contributed by atoms with E-state index in [4.69, 9.17) is 19.7 Å². The first-order valence-electron chi connectivity index (χ1n) is 46.3. The highest BCUT2D eigenvalue weighted by Gasteiger charge is 2.62. The van der Waals surface area contributed by atoms with Gasteiger partial charge in [-0.25, -0.2) is 0 Å². The van der Waals surface area contributed by atoms with E-state index in [9.17, 15) is 19.5 Å². The molecule has 16 aliphatic carbocycles. The van der Waals surface area contributed by atoms with Crippen molar-refractivity contribution in [2.24, 2.45) is 114 Å². The Balaban J connectivity index is 0.000000112. The largest absolute Gasteiger partial charge is 0.462 e. The number of carbonyl (C=O) groups is 3. The van der Waals surface area contributed by atoms with E-state index in [2.05, 4.69) is 136 Å². The molecule has 0 radical (unpaired) electrons. The van der Waals surface area contributed by atoms with Crippen LogP contribution in [-0.2, 0) is 28.6 Å². The smallest absolute Gasteiger partial charge is 0.302 e. The lowest BCUT2D eigenvalue weighted by Gasteiger charge is -2.57. The third kappa shape index (κ3) is 13.7. The van der Waals surface area contributed by atoms with Crippen molar-refractivity contribution in [3.63, 3.8) is 0 Å². The number of fused-ring (bicyclic) bond motifs is 20. The zero-order valence-corrected chi connectivity index (χ0v) is 69.8. The molecule has 8 saturated carbocycles. The van der Waals surface area contributed by atoms with Crippen LogP contribution in [0.3, 0.4) is 0 Å². The van der Waals surface area contributed by atoms with Crippen LogP contribution < -0.4 is 0 Å². The average molecular weight is 1530 g/mol. The number of rotatable bonds is 7. The Morgan fingerprint density at radius 1 is 0.354 bits per heavy atom. The highest BCUT2D eigenvalue weighted by atomic mass is 16.5. The molecule has 4 aromatic rings. The van der Waals surface area contributed by atoms with Gasteiger partial charge in [-0.05, 0) is 344 Å². The number of pyridine rings is 4. The summed E-state index contributed by atoms with van der Waals surface area (Å²) >= 11 is 0. The molecule has 1 N–H and O–H groups in total. The summed E-state index contributed by atoms with van der Waals surface area (Å²) in [6, 6.07) is 15.3. The first-order chi connectivity index (χ1) is 55.9. The number of aromatic nitrogens is 4. The minimum Gasteiger partial charge on any atom is -0.462 e. The number of hydrogen-bond acceptors (Lipinski definition) is 11. The molecule has 12 unspecified atom stereocenters. The van der Waals surface area contributed by atoms with E-state index in [1.54, 1.807) is 22.9 Å². The molecule has 11 heteroatoms. The lowest BCUT2D eigenvalue weighted by Crippen LogP contribution is -2.50. The van der Waals surface area contributed by atoms with Gasteiger partial charge in [0, 0.05) is 89.6 Å². The molecule has 0 saturated heterocycles. The van der Waals surface area contributed by atoms with Gasteiger partial charge in [-0.3, -0.25) is 34.3 Å². The van der Waals surface area contributed by atoms with Gasteiger partial charge in [-0.1, -0.05) is 151 Å². The fraction of sp³-hybridized carbons (Fsp3) is 0.618. The number of carbonyl (C=O) groups excluding carboxylic acids is 3. The van der Waals surface area contributed by atoms with Gasteiger partial charge < -0.3 is 19.3 Å². The second kappa shape index (κ2) is 30.4. The molecule has 0 spiro atoms. The van der Waals surface area contributed by atoms with E-state index >= 15 is 0 Å². The molecule has 24 atom stereocenters. The van der Waals surface area contributed by atoms with Gasteiger partial charge in [-0.15, -0.1) is 0 Å². The van der Waals surface area contributed by atoms with Crippen molar-refractivity contribution in [3.8, 4) is 0 Å². The number of allylic oxidation sites excluding steroid dienone is 12. The molecular formula is C102H130N4O7. The maximum atomic E-state index is 11.4. The topological polar surface area (TPSA) is 151 Å². The highest BCUT2D eigenvalue weighted by molar-refractivity contribution is 5.76. The van der Waals surface area contributed by atoms with Crippen molar-refractivity contribution in [2.45, 2.75) is 280 Å². The van der Waals surface area contributed by atoms with Gasteiger partial charge >= 0.3 is 17.9 Å². The van der Waals surface area contributed by atoms with E-state index in [1.165, 1.54) is 111 Å². The zero-order valence-electron chi connectivity index (χ0n) is 73.8. The van der Waals surface area contributed by atoms with Crippen LogP contribution in [0.4, 0.5) is 0 Å². The summed E-state index contributed by atoms with van der Waals surface area (Å²) in [6.07, 6.45) is 60.2. The van der Waals surface area contributed by atoms with Crippen LogP contribution in [0.15, 0.2) is 169 Å². The Kier molecular flexibility index (Phi) is 19.8. The van der Waals surface area contributed by atoms with Crippen molar-refractivity contribution in [3.05, 3.63) is 191 Å². The van der Waals surface area contributed by atoms with Crippen LogP contribution in [0.5, 0.6) is 0 Å². The van der Waals surface area contributed by atoms with Crippen LogP contribution >= 0.6 is 0 Å². The summed E-state index contributed by atoms with van der Waals surface area (Å²) in [4.78, 5) is 51.5. The second-order valence-corrected chi connectivity index (χ2v) is 40.3. The zero-order chi connectivity index (χ0) is 82.1. The summed E-state index contributed by atoms with van der Waals surface area (Å²) in [5, 5.41) is 10.2. The Morgan fingerprint density at radius 2 is 0.673 bits per heavy atom. The predicted molar refractivity (Wildman–Crippen MR) is 450 cm³/mol. The van der Waals surface area contributed by atoms with Crippen molar-refractivity contribution in [2.75, 3.05) is 0 Å². The summed E-state index contributed by atoms with van der Waals surface area (Å²) in [5.74, 6) is 7.88. The maximum Gasteiger partial charge on any atom is 0.302 e. The fourth-order valence-electron chi connectivity index (χ4n) is 29.4. The SMILES string of the molecule is [2H]C1=C(c2cccnc2)[C@@]2(C)CCC3C(CC=C4C[C@@H](O)CC[C@@]43C)C2C1.[2H]c1ccc(C2=CCC3C4CC=C5C[C@@H](OC(C)=O)CC[C@]5(C)C4CC[C@]23C)cn1.[2H]c1ccc(C2=CCC3C4CC=C5C[C@@H](OC(C)=O)CC[C@]5(C)C4CC[C@]23C)cn1.[2H]c1cncc(C2=CCC3C4CC=C5C[C@@H](OC(C)=O)CC[C@]5(C)C4CC[C@]23C)c1. The Hall–Kier alpha value is -7.11. The van der Waals surface area contributed by atoms with Crippen molar-refractivity contribution >= 4 is 40.2 Å². The molecule has 0 aliphatic heterocycles. The van der Waals surface area contributed by atoms with Crippen LogP contribution in [0, 0.1) is 114 Å². The van der Waals surface area contributed by atoms with E-state index in [1.807, 2.05) is 55.2 Å². The second-order valence-electron chi connectivity index (χ2n) is 40.3. The van der Waals surface area contributed by atoms with Gasteiger partial charge in [0.15, 0.2) is 0 Å². The van der Waals surface area contributed by atoms with Gasteiger partial charge in [0.2, 0.25) is 0 Å². The van der Waals surface area contributed by atoms with Crippen LogP contribution in [0.25, 0.3) is 22.3 Å². The summed E-state index contributed by atoms with van der Waals surface area (Å²) in [7, 11) is 0. The maximum absolute atomic E-state index is 11.4. The van der Waals surface area contributed by atoms with E-state index < -0.39 is 0 Å².